The predicted octanol–water partition coefficient (Wildman–Crippen LogP) is 5.89. The van der Waals surface area contributed by atoms with E-state index in [0.717, 1.165) is 18.1 Å². The van der Waals surface area contributed by atoms with Crippen LogP contribution in [0.2, 0.25) is 5.02 Å². The van der Waals surface area contributed by atoms with Gasteiger partial charge in [-0.2, -0.15) is 0 Å². The molecule has 1 unspecified atom stereocenters. The van der Waals surface area contributed by atoms with Crippen molar-refractivity contribution in [2.45, 2.75) is 19.4 Å². The summed E-state index contributed by atoms with van der Waals surface area (Å²) in [6.45, 7) is 2.03. The second-order valence-electron chi connectivity index (χ2n) is 6.84. The summed E-state index contributed by atoms with van der Waals surface area (Å²) in [7, 11) is 0. The summed E-state index contributed by atoms with van der Waals surface area (Å²) in [5.41, 5.74) is 2.03. The second-order valence-corrected chi connectivity index (χ2v) is 8.19. The van der Waals surface area contributed by atoms with E-state index < -0.39 is 29.3 Å². The lowest BCUT2D eigenvalue weighted by molar-refractivity contribution is -0.117. The van der Waals surface area contributed by atoms with Crippen molar-refractivity contribution >= 4 is 40.3 Å². The van der Waals surface area contributed by atoms with Crippen LogP contribution in [0.15, 0.2) is 71.3 Å². The Morgan fingerprint density at radius 1 is 1.20 bits per heavy atom. The summed E-state index contributed by atoms with van der Waals surface area (Å²) in [6, 6.07) is 13.9. The molecular weight excluding hydrogens is 425 g/mol. The van der Waals surface area contributed by atoms with Crippen LogP contribution >= 0.6 is 22.9 Å². The highest BCUT2D eigenvalue weighted by molar-refractivity contribution is 7.12. The molecule has 1 atom stereocenters. The van der Waals surface area contributed by atoms with E-state index in [1.807, 2.05) is 31.2 Å². The average Bonchev–Trinajstić information content (AvgIpc) is 3.38. The average molecular weight is 442 g/mol. The van der Waals surface area contributed by atoms with E-state index >= 15 is 0 Å². The van der Waals surface area contributed by atoms with E-state index in [-0.39, 0.29) is 16.3 Å². The molecule has 0 bridgehead atoms. The molecule has 1 aromatic heterocycles. The molecule has 0 saturated carbocycles. The van der Waals surface area contributed by atoms with Gasteiger partial charge in [-0.1, -0.05) is 48.9 Å². The van der Waals surface area contributed by atoms with Crippen molar-refractivity contribution in [1.29, 1.82) is 0 Å². The molecule has 1 amide bonds. The Hall–Kier alpha value is -2.96. The Morgan fingerprint density at radius 3 is 2.53 bits per heavy atom. The third-order valence-corrected chi connectivity index (χ3v) is 6.24. The highest BCUT2D eigenvalue weighted by atomic mass is 35.5. The zero-order valence-corrected chi connectivity index (χ0v) is 17.5. The molecule has 152 valence electrons. The Balaban J connectivity index is 1.88. The van der Waals surface area contributed by atoms with Gasteiger partial charge in [-0.25, -0.2) is 4.39 Å². The van der Waals surface area contributed by atoms with E-state index in [9.17, 15) is 19.1 Å². The second kappa shape index (κ2) is 8.05. The van der Waals surface area contributed by atoms with Gasteiger partial charge >= 0.3 is 0 Å². The number of rotatable bonds is 5. The van der Waals surface area contributed by atoms with Crippen molar-refractivity contribution in [2.24, 2.45) is 0 Å². The topological polar surface area (TPSA) is 57.6 Å². The van der Waals surface area contributed by atoms with Gasteiger partial charge in [0.15, 0.2) is 5.76 Å². The summed E-state index contributed by atoms with van der Waals surface area (Å²) in [5, 5.41) is 12.3. The number of hydrogen-bond acceptors (Lipinski definition) is 4. The van der Waals surface area contributed by atoms with Gasteiger partial charge < -0.3 is 5.11 Å². The molecule has 4 rings (SSSR count). The summed E-state index contributed by atoms with van der Waals surface area (Å²) < 4.78 is 13.7. The number of benzene rings is 2. The molecule has 1 N–H and O–H groups in total. The van der Waals surface area contributed by atoms with Gasteiger partial charge in [0.25, 0.3) is 5.91 Å². The molecule has 0 saturated heterocycles. The fraction of sp³-hybridized carbons (Fsp3) is 0.130. The van der Waals surface area contributed by atoms with Gasteiger partial charge in [0.1, 0.15) is 5.82 Å². The lowest BCUT2D eigenvalue weighted by atomic mass is 9.94. The van der Waals surface area contributed by atoms with Gasteiger partial charge in [-0.05, 0) is 47.2 Å². The number of aryl methyl sites for hydroxylation is 1. The van der Waals surface area contributed by atoms with E-state index in [2.05, 4.69) is 0 Å². The molecule has 3 aromatic rings. The van der Waals surface area contributed by atoms with E-state index in [1.54, 1.807) is 17.5 Å². The SMILES string of the molecule is CCc1ccc(C2C(C(=O)c3cccs3)=C(O)C(=O)N2c2ccc(F)c(Cl)c2)cc1. The number of ketones is 1. The Kier molecular flexibility index (Phi) is 5.45. The van der Waals surface area contributed by atoms with Crippen molar-refractivity contribution in [1.82, 2.24) is 0 Å². The third-order valence-electron chi connectivity index (χ3n) is 5.08. The van der Waals surface area contributed by atoms with Crippen LogP contribution in [0.5, 0.6) is 0 Å². The number of halogens is 2. The maximum Gasteiger partial charge on any atom is 0.294 e. The van der Waals surface area contributed by atoms with Crippen LogP contribution in [-0.4, -0.2) is 16.8 Å². The molecular formula is C23H17ClFNO3S. The summed E-state index contributed by atoms with van der Waals surface area (Å²) in [4.78, 5) is 27.9. The molecule has 0 fully saturated rings. The maximum atomic E-state index is 13.7. The van der Waals surface area contributed by atoms with Crippen molar-refractivity contribution in [3.8, 4) is 0 Å². The summed E-state index contributed by atoms with van der Waals surface area (Å²) >= 11 is 7.17. The molecule has 4 nitrogen and oxygen atoms in total. The van der Waals surface area contributed by atoms with E-state index in [0.29, 0.717) is 10.4 Å². The van der Waals surface area contributed by atoms with Crippen LogP contribution in [0, 0.1) is 5.82 Å². The standard InChI is InChI=1S/C23H17ClFNO3S/c1-2-13-5-7-14(8-6-13)20-19(21(27)18-4-3-11-30-18)22(28)23(29)26(20)15-9-10-17(25)16(24)12-15/h3-12,20,28H,2H2,1H3. The zero-order chi connectivity index (χ0) is 21.4. The monoisotopic (exact) mass is 441 g/mol. The fourth-order valence-electron chi connectivity index (χ4n) is 3.53. The Bertz CT molecular complexity index is 1160. The van der Waals surface area contributed by atoms with Gasteiger partial charge in [-0.15, -0.1) is 11.3 Å². The maximum absolute atomic E-state index is 13.7. The number of amides is 1. The summed E-state index contributed by atoms with van der Waals surface area (Å²) in [6.07, 6.45) is 0.837. The molecule has 2 heterocycles. The number of hydrogen-bond donors (Lipinski definition) is 1. The smallest absolute Gasteiger partial charge is 0.294 e. The number of nitrogens with zero attached hydrogens (tertiary/aromatic N) is 1. The van der Waals surface area contributed by atoms with Crippen LogP contribution in [0.4, 0.5) is 10.1 Å². The van der Waals surface area contributed by atoms with Gasteiger partial charge in [0.2, 0.25) is 5.78 Å². The largest absolute Gasteiger partial charge is 0.503 e. The molecule has 1 aliphatic heterocycles. The number of carbonyl (C=O) groups excluding carboxylic acids is 2. The number of anilines is 1. The minimum atomic E-state index is -0.862. The number of carbonyl (C=O) groups is 2. The van der Waals surface area contributed by atoms with Crippen LogP contribution in [0.3, 0.4) is 0 Å². The van der Waals surface area contributed by atoms with Crippen molar-refractivity contribution in [3.63, 3.8) is 0 Å². The van der Waals surface area contributed by atoms with Gasteiger partial charge in [-0.3, -0.25) is 14.5 Å². The Labute approximate surface area is 181 Å². The number of aliphatic hydroxyl groups excluding tert-OH is 1. The number of aliphatic hydroxyl groups is 1. The van der Waals surface area contributed by atoms with Gasteiger partial charge in [0, 0.05) is 5.69 Å². The normalized spacial score (nSPS) is 16.4. The molecule has 0 radical (unpaired) electrons. The lowest BCUT2D eigenvalue weighted by Crippen LogP contribution is -2.31. The third kappa shape index (κ3) is 3.42. The van der Waals surface area contributed by atoms with E-state index in [4.69, 9.17) is 11.6 Å². The quantitative estimate of drug-likeness (QED) is 0.502. The van der Waals surface area contributed by atoms with Crippen LogP contribution < -0.4 is 4.90 Å². The first kappa shape index (κ1) is 20.3. The first-order chi connectivity index (χ1) is 14.4. The molecule has 0 spiro atoms. The van der Waals surface area contributed by atoms with Crippen LogP contribution in [0.1, 0.15) is 33.8 Å². The first-order valence-corrected chi connectivity index (χ1v) is 10.6. The van der Waals surface area contributed by atoms with E-state index in [1.165, 1.54) is 28.4 Å². The molecule has 7 heteroatoms. The predicted molar refractivity (Wildman–Crippen MR) is 116 cm³/mol. The Morgan fingerprint density at radius 2 is 1.93 bits per heavy atom. The van der Waals surface area contributed by atoms with Crippen LogP contribution in [0.25, 0.3) is 0 Å². The molecule has 1 aliphatic rings. The van der Waals surface area contributed by atoms with Crippen molar-refractivity contribution in [2.75, 3.05) is 4.90 Å². The highest BCUT2D eigenvalue weighted by Gasteiger charge is 2.44. The molecule has 30 heavy (non-hydrogen) atoms. The van der Waals surface area contributed by atoms with Crippen molar-refractivity contribution in [3.05, 3.63) is 98.2 Å². The lowest BCUT2D eigenvalue weighted by Gasteiger charge is -2.27. The zero-order valence-electron chi connectivity index (χ0n) is 15.9. The molecule has 2 aromatic carbocycles. The van der Waals surface area contributed by atoms with Crippen molar-refractivity contribution < 1.29 is 19.1 Å². The number of Topliss-reactive ketones (excluding diaryl/α,β-unsaturated/α-hetero) is 1. The first-order valence-electron chi connectivity index (χ1n) is 9.31. The minimum Gasteiger partial charge on any atom is -0.503 e. The highest BCUT2D eigenvalue weighted by Crippen LogP contribution is 2.43. The minimum absolute atomic E-state index is 0.00727. The summed E-state index contributed by atoms with van der Waals surface area (Å²) in [5.74, 6) is -2.39. The number of thiophene rings is 1. The fourth-order valence-corrected chi connectivity index (χ4v) is 4.38. The van der Waals surface area contributed by atoms with Gasteiger partial charge in [0.05, 0.1) is 21.5 Å². The molecule has 0 aliphatic carbocycles. The van der Waals surface area contributed by atoms with Crippen LogP contribution in [-0.2, 0) is 11.2 Å².